The molecule has 1 aliphatic heterocycles. The van der Waals surface area contributed by atoms with Crippen molar-refractivity contribution < 1.29 is 8.42 Å². The fourth-order valence-corrected chi connectivity index (χ4v) is 4.37. The van der Waals surface area contributed by atoms with Crippen LogP contribution in [0, 0.1) is 0 Å². The molecule has 21 heavy (non-hydrogen) atoms. The van der Waals surface area contributed by atoms with E-state index in [2.05, 4.69) is 25.8 Å². The number of nitrogens with zero attached hydrogens (tertiary/aromatic N) is 3. The first kappa shape index (κ1) is 14.3. The Balaban J connectivity index is 2.11. The van der Waals surface area contributed by atoms with E-state index < -0.39 is 10.0 Å². The van der Waals surface area contributed by atoms with Crippen molar-refractivity contribution in [3.05, 3.63) is 47.2 Å². The number of para-hydroxylation sites is 2. The minimum atomic E-state index is -3.61. The summed E-state index contributed by atoms with van der Waals surface area (Å²) in [4.78, 5) is 6.20. The standard InChI is InChI=1S/C14H14BrN3O2S/c1-17-6-7-18(14-5-3-2-4-13(14)17)21(19,20)12-8-11(15)9-16-10-12/h2-5,8-10H,6-7H2,1H3. The Morgan fingerprint density at radius 2 is 1.86 bits per heavy atom. The second-order valence-corrected chi connectivity index (χ2v) is 7.60. The number of anilines is 2. The minimum absolute atomic E-state index is 0.191. The maximum Gasteiger partial charge on any atom is 0.266 e. The van der Waals surface area contributed by atoms with E-state index in [-0.39, 0.29) is 4.90 Å². The second-order valence-electron chi connectivity index (χ2n) is 4.83. The molecule has 0 radical (unpaired) electrons. The van der Waals surface area contributed by atoms with Gasteiger partial charge in [0.1, 0.15) is 4.90 Å². The van der Waals surface area contributed by atoms with E-state index in [0.29, 0.717) is 23.2 Å². The van der Waals surface area contributed by atoms with Crippen molar-refractivity contribution in [2.75, 3.05) is 29.3 Å². The van der Waals surface area contributed by atoms with Gasteiger partial charge in [-0.25, -0.2) is 8.42 Å². The molecule has 1 aliphatic rings. The summed E-state index contributed by atoms with van der Waals surface area (Å²) in [5.74, 6) is 0. The lowest BCUT2D eigenvalue weighted by atomic mass is 10.2. The van der Waals surface area contributed by atoms with Gasteiger partial charge in [-0.15, -0.1) is 0 Å². The first-order valence-corrected chi connectivity index (χ1v) is 8.67. The number of benzene rings is 1. The molecule has 0 fully saturated rings. The van der Waals surface area contributed by atoms with Crippen LogP contribution in [0.15, 0.2) is 52.1 Å². The summed E-state index contributed by atoms with van der Waals surface area (Å²) in [5.41, 5.74) is 1.61. The molecule has 0 aliphatic carbocycles. The van der Waals surface area contributed by atoms with Crippen molar-refractivity contribution >= 4 is 37.3 Å². The van der Waals surface area contributed by atoms with Gasteiger partial charge in [-0.2, -0.15) is 0 Å². The third-order valence-corrected chi connectivity index (χ3v) is 5.68. The second kappa shape index (κ2) is 5.31. The Morgan fingerprint density at radius 1 is 1.14 bits per heavy atom. The fraction of sp³-hybridized carbons (Fsp3) is 0.214. The number of pyridine rings is 1. The van der Waals surface area contributed by atoms with Crippen LogP contribution >= 0.6 is 15.9 Å². The highest BCUT2D eigenvalue weighted by Gasteiger charge is 2.30. The molecule has 2 aromatic rings. The van der Waals surface area contributed by atoms with Crippen molar-refractivity contribution in [3.63, 3.8) is 0 Å². The van der Waals surface area contributed by atoms with E-state index in [9.17, 15) is 8.42 Å². The molecule has 0 N–H and O–H groups in total. The number of likely N-dealkylation sites (N-methyl/N-ethyl adjacent to an activating group) is 1. The van der Waals surface area contributed by atoms with Crippen LogP contribution in [0.5, 0.6) is 0 Å². The highest BCUT2D eigenvalue weighted by molar-refractivity contribution is 9.10. The SMILES string of the molecule is CN1CCN(S(=O)(=O)c2cncc(Br)c2)c2ccccc21. The van der Waals surface area contributed by atoms with E-state index in [1.54, 1.807) is 12.3 Å². The molecule has 110 valence electrons. The summed E-state index contributed by atoms with van der Waals surface area (Å²) < 4.78 is 27.8. The quantitative estimate of drug-likeness (QED) is 0.818. The maximum absolute atomic E-state index is 12.9. The molecular formula is C14H14BrN3O2S. The molecule has 0 bridgehead atoms. The van der Waals surface area contributed by atoms with Gasteiger partial charge in [0.05, 0.1) is 17.9 Å². The fourth-order valence-electron chi connectivity index (χ4n) is 2.39. The zero-order chi connectivity index (χ0) is 15.0. The number of rotatable bonds is 2. The van der Waals surface area contributed by atoms with Crippen molar-refractivity contribution in [1.29, 1.82) is 0 Å². The molecule has 0 saturated carbocycles. The Labute approximate surface area is 132 Å². The van der Waals surface area contributed by atoms with Crippen molar-refractivity contribution in [2.24, 2.45) is 0 Å². The number of hydrogen-bond acceptors (Lipinski definition) is 4. The average molecular weight is 368 g/mol. The zero-order valence-electron chi connectivity index (χ0n) is 11.4. The average Bonchev–Trinajstić information content (AvgIpc) is 2.47. The van der Waals surface area contributed by atoms with Gasteiger partial charge >= 0.3 is 0 Å². The van der Waals surface area contributed by atoms with Gasteiger partial charge in [0.15, 0.2) is 0 Å². The van der Waals surface area contributed by atoms with Crippen molar-refractivity contribution in [2.45, 2.75) is 4.90 Å². The minimum Gasteiger partial charge on any atom is -0.371 e. The Hall–Kier alpha value is -1.60. The lowest BCUT2D eigenvalue weighted by Crippen LogP contribution is -2.42. The third-order valence-electron chi connectivity index (χ3n) is 3.47. The zero-order valence-corrected chi connectivity index (χ0v) is 13.8. The van der Waals surface area contributed by atoms with E-state index in [1.807, 2.05) is 31.3 Å². The number of sulfonamides is 1. The molecule has 0 saturated heterocycles. The van der Waals surface area contributed by atoms with E-state index in [1.165, 1.54) is 10.5 Å². The van der Waals surface area contributed by atoms with Gasteiger partial charge in [0.25, 0.3) is 10.0 Å². The molecule has 5 nitrogen and oxygen atoms in total. The first-order valence-electron chi connectivity index (χ1n) is 6.43. The maximum atomic E-state index is 12.9. The third kappa shape index (κ3) is 2.51. The Bertz CT molecular complexity index is 779. The molecular weight excluding hydrogens is 354 g/mol. The molecule has 0 atom stereocenters. The molecule has 7 heteroatoms. The lowest BCUT2D eigenvalue weighted by molar-refractivity contribution is 0.588. The number of halogens is 1. The molecule has 3 rings (SSSR count). The molecule has 1 aromatic heterocycles. The smallest absolute Gasteiger partial charge is 0.266 e. The predicted octanol–water partition coefficient (Wildman–Crippen LogP) is 2.49. The number of aromatic nitrogens is 1. The van der Waals surface area contributed by atoms with E-state index in [4.69, 9.17) is 0 Å². The molecule has 2 heterocycles. The summed E-state index contributed by atoms with van der Waals surface area (Å²) in [5, 5.41) is 0. The van der Waals surface area contributed by atoms with Gasteiger partial charge in [0.2, 0.25) is 0 Å². The molecule has 1 aromatic carbocycles. The van der Waals surface area contributed by atoms with Crippen molar-refractivity contribution in [1.82, 2.24) is 4.98 Å². The van der Waals surface area contributed by atoms with Crippen LogP contribution in [0.4, 0.5) is 11.4 Å². The lowest BCUT2D eigenvalue weighted by Gasteiger charge is -2.36. The summed E-state index contributed by atoms with van der Waals surface area (Å²) in [6.07, 6.45) is 2.94. The van der Waals surface area contributed by atoms with E-state index >= 15 is 0 Å². The van der Waals surface area contributed by atoms with Crippen molar-refractivity contribution in [3.8, 4) is 0 Å². The van der Waals surface area contributed by atoms with Gasteiger partial charge in [-0.05, 0) is 34.1 Å². The number of fused-ring (bicyclic) bond motifs is 1. The number of hydrogen-bond donors (Lipinski definition) is 0. The molecule has 0 unspecified atom stereocenters. The van der Waals surface area contributed by atoms with Crippen LogP contribution in [-0.2, 0) is 10.0 Å². The molecule has 0 spiro atoms. The largest absolute Gasteiger partial charge is 0.371 e. The predicted molar refractivity (Wildman–Crippen MR) is 86.2 cm³/mol. The van der Waals surface area contributed by atoms with Gasteiger partial charge < -0.3 is 4.90 Å². The monoisotopic (exact) mass is 367 g/mol. The van der Waals surface area contributed by atoms with Crippen LogP contribution in [0.2, 0.25) is 0 Å². The highest BCUT2D eigenvalue weighted by atomic mass is 79.9. The highest BCUT2D eigenvalue weighted by Crippen LogP contribution is 2.35. The topological polar surface area (TPSA) is 53.5 Å². The Kier molecular flexibility index (Phi) is 3.62. The molecule has 0 amide bonds. The van der Waals surface area contributed by atoms with Crippen LogP contribution in [0.1, 0.15) is 0 Å². The Morgan fingerprint density at radius 3 is 2.57 bits per heavy atom. The normalized spacial score (nSPS) is 15.0. The van der Waals surface area contributed by atoms with Crippen LogP contribution in [0.3, 0.4) is 0 Å². The summed E-state index contributed by atoms with van der Waals surface area (Å²) in [7, 11) is -1.65. The van der Waals surface area contributed by atoms with E-state index in [0.717, 1.165) is 5.69 Å². The summed E-state index contributed by atoms with van der Waals surface area (Å²) in [6, 6.07) is 9.08. The first-order chi connectivity index (χ1) is 10.00. The van der Waals surface area contributed by atoms with Gasteiger partial charge in [-0.1, -0.05) is 12.1 Å². The van der Waals surface area contributed by atoms with Crippen LogP contribution in [0.25, 0.3) is 0 Å². The summed E-state index contributed by atoms with van der Waals surface area (Å²) in [6.45, 7) is 1.07. The van der Waals surface area contributed by atoms with Gasteiger partial charge in [0, 0.05) is 30.5 Å². The summed E-state index contributed by atoms with van der Waals surface area (Å²) >= 11 is 3.27. The van der Waals surface area contributed by atoms with Gasteiger partial charge in [-0.3, -0.25) is 9.29 Å². The van der Waals surface area contributed by atoms with Crippen LogP contribution < -0.4 is 9.21 Å². The van der Waals surface area contributed by atoms with Crippen LogP contribution in [-0.4, -0.2) is 33.5 Å².